The second-order valence-electron chi connectivity index (χ2n) is 5.65. The Morgan fingerprint density at radius 2 is 1.90 bits per heavy atom. The van der Waals surface area contributed by atoms with E-state index in [-0.39, 0.29) is 5.78 Å². The number of carbonyl (C=O) groups is 2. The molecule has 112 valence electrons. The largest absolute Gasteiger partial charge is 0.481 e. The number of carbonyl (C=O) groups excluding carboxylic acids is 1. The molecule has 1 fully saturated rings. The van der Waals surface area contributed by atoms with Gasteiger partial charge in [-0.1, -0.05) is 37.6 Å². The van der Waals surface area contributed by atoms with Gasteiger partial charge in [0, 0.05) is 6.42 Å². The van der Waals surface area contributed by atoms with Crippen LogP contribution in [0.25, 0.3) is 6.08 Å². The van der Waals surface area contributed by atoms with Crippen molar-refractivity contribution < 1.29 is 14.7 Å². The molecule has 0 heterocycles. The first-order valence-electron chi connectivity index (χ1n) is 7.68. The number of hydrogen-bond donors (Lipinski definition) is 1. The maximum Gasteiger partial charge on any atom is 0.310 e. The molecule has 0 spiro atoms. The molecule has 0 aliphatic heterocycles. The Morgan fingerprint density at radius 3 is 2.48 bits per heavy atom. The van der Waals surface area contributed by atoms with Gasteiger partial charge in [-0.25, -0.2) is 0 Å². The molecule has 0 bridgehead atoms. The van der Waals surface area contributed by atoms with E-state index in [4.69, 9.17) is 0 Å². The average Bonchev–Trinajstić information content (AvgIpc) is 2.48. The molecule has 1 atom stereocenters. The van der Waals surface area contributed by atoms with Gasteiger partial charge in [0.05, 0.1) is 5.92 Å². The summed E-state index contributed by atoms with van der Waals surface area (Å²) in [5.74, 6) is -0.960. The average molecular weight is 286 g/mol. The lowest BCUT2D eigenvalue weighted by atomic mass is 9.91. The van der Waals surface area contributed by atoms with Crippen LogP contribution >= 0.6 is 0 Å². The van der Waals surface area contributed by atoms with Crippen LogP contribution in [0, 0.1) is 0 Å². The van der Waals surface area contributed by atoms with E-state index in [1.165, 1.54) is 0 Å². The number of allylic oxidation sites excluding steroid dienone is 1. The summed E-state index contributed by atoms with van der Waals surface area (Å²) in [5.41, 5.74) is 2.71. The van der Waals surface area contributed by atoms with Crippen LogP contribution in [0.3, 0.4) is 0 Å². The first kappa shape index (κ1) is 15.5. The SMILES string of the molecule is CCCC(C(=O)O)c1ccc(C=C2CCCCC2=O)cc1. The summed E-state index contributed by atoms with van der Waals surface area (Å²) in [4.78, 5) is 23.1. The first-order chi connectivity index (χ1) is 10.1. The minimum absolute atomic E-state index is 0.250. The minimum Gasteiger partial charge on any atom is -0.481 e. The fourth-order valence-corrected chi connectivity index (χ4v) is 2.80. The molecule has 1 N–H and O–H groups in total. The Labute approximate surface area is 125 Å². The van der Waals surface area contributed by atoms with Crippen LogP contribution in [0.2, 0.25) is 0 Å². The normalized spacial score (nSPS) is 18.7. The number of aliphatic carboxylic acids is 1. The highest BCUT2D eigenvalue weighted by molar-refractivity contribution is 6.00. The predicted octanol–water partition coefficient (Wildman–Crippen LogP) is 4.18. The van der Waals surface area contributed by atoms with Gasteiger partial charge in [0.2, 0.25) is 0 Å². The second kappa shape index (κ2) is 7.21. The van der Waals surface area contributed by atoms with E-state index in [0.717, 1.165) is 42.4 Å². The molecule has 0 aromatic heterocycles. The molecule has 0 amide bonds. The standard InChI is InChI=1S/C18H22O3/c1-2-5-16(18(20)21)14-10-8-13(9-11-14)12-15-6-3-4-7-17(15)19/h8-12,16H,2-7H2,1H3,(H,20,21). The molecule has 3 heteroatoms. The van der Waals surface area contributed by atoms with Gasteiger partial charge in [-0.05, 0) is 48.5 Å². The molecule has 3 nitrogen and oxygen atoms in total. The second-order valence-corrected chi connectivity index (χ2v) is 5.65. The lowest BCUT2D eigenvalue weighted by molar-refractivity contribution is -0.139. The van der Waals surface area contributed by atoms with E-state index >= 15 is 0 Å². The summed E-state index contributed by atoms with van der Waals surface area (Å²) >= 11 is 0. The third-order valence-corrected chi connectivity index (χ3v) is 4.01. The van der Waals surface area contributed by atoms with E-state index in [9.17, 15) is 14.7 Å². The predicted molar refractivity (Wildman–Crippen MR) is 83.2 cm³/mol. The van der Waals surface area contributed by atoms with Crippen LogP contribution in [0.1, 0.15) is 62.5 Å². The van der Waals surface area contributed by atoms with Gasteiger partial charge in [-0.3, -0.25) is 9.59 Å². The fourth-order valence-electron chi connectivity index (χ4n) is 2.80. The molecule has 1 aromatic carbocycles. The molecule has 2 rings (SSSR count). The number of benzene rings is 1. The molecule has 21 heavy (non-hydrogen) atoms. The van der Waals surface area contributed by atoms with Crippen molar-refractivity contribution in [3.63, 3.8) is 0 Å². The Kier molecular flexibility index (Phi) is 5.32. The summed E-state index contributed by atoms with van der Waals surface area (Å²) in [5, 5.41) is 9.27. The van der Waals surface area contributed by atoms with Crippen molar-refractivity contribution in [2.75, 3.05) is 0 Å². The van der Waals surface area contributed by atoms with Crippen molar-refractivity contribution in [1.82, 2.24) is 0 Å². The highest BCUT2D eigenvalue weighted by atomic mass is 16.4. The number of carboxylic acids is 1. The van der Waals surface area contributed by atoms with Crippen LogP contribution < -0.4 is 0 Å². The maximum atomic E-state index is 11.8. The smallest absolute Gasteiger partial charge is 0.310 e. The molecule has 0 saturated heterocycles. The van der Waals surface area contributed by atoms with E-state index in [1.54, 1.807) is 0 Å². The van der Waals surface area contributed by atoms with E-state index in [0.29, 0.717) is 12.8 Å². The van der Waals surface area contributed by atoms with Gasteiger partial charge < -0.3 is 5.11 Å². The summed E-state index contributed by atoms with van der Waals surface area (Å²) in [6, 6.07) is 7.56. The van der Waals surface area contributed by atoms with Crippen molar-refractivity contribution in [1.29, 1.82) is 0 Å². The Hall–Kier alpha value is -1.90. The summed E-state index contributed by atoms with van der Waals surface area (Å²) < 4.78 is 0. The van der Waals surface area contributed by atoms with E-state index in [1.807, 2.05) is 37.3 Å². The van der Waals surface area contributed by atoms with Crippen molar-refractivity contribution >= 4 is 17.8 Å². The monoisotopic (exact) mass is 286 g/mol. The number of rotatable bonds is 5. The fraction of sp³-hybridized carbons (Fsp3) is 0.444. The molecule has 0 radical (unpaired) electrons. The van der Waals surface area contributed by atoms with Gasteiger partial charge in [0.1, 0.15) is 0 Å². The quantitative estimate of drug-likeness (QED) is 0.826. The molecular weight excluding hydrogens is 264 g/mol. The zero-order valence-corrected chi connectivity index (χ0v) is 12.5. The lowest BCUT2D eigenvalue weighted by Crippen LogP contribution is -2.11. The zero-order valence-electron chi connectivity index (χ0n) is 12.5. The van der Waals surface area contributed by atoms with Crippen molar-refractivity contribution in [3.8, 4) is 0 Å². The number of Topliss-reactive ketones (excluding diaryl/α,β-unsaturated/α-hetero) is 1. The zero-order chi connectivity index (χ0) is 15.2. The van der Waals surface area contributed by atoms with Crippen molar-refractivity contribution in [2.24, 2.45) is 0 Å². The summed E-state index contributed by atoms with van der Waals surface area (Å²) in [6.45, 7) is 1.99. The number of hydrogen-bond acceptors (Lipinski definition) is 2. The van der Waals surface area contributed by atoms with Gasteiger partial charge in [0.25, 0.3) is 0 Å². The molecule has 1 aromatic rings. The van der Waals surface area contributed by atoms with Crippen LogP contribution in [-0.2, 0) is 9.59 Å². The molecule has 1 saturated carbocycles. The van der Waals surface area contributed by atoms with Crippen LogP contribution in [0.15, 0.2) is 29.8 Å². The maximum absolute atomic E-state index is 11.8. The van der Waals surface area contributed by atoms with Gasteiger partial charge >= 0.3 is 5.97 Å². The van der Waals surface area contributed by atoms with Crippen molar-refractivity contribution in [3.05, 3.63) is 41.0 Å². The molecule has 1 unspecified atom stereocenters. The molecule has 1 aliphatic rings. The number of ketones is 1. The topological polar surface area (TPSA) is 54.4 Å². The summed E-state index contributed by atoms with van der Waals surface area (Å²) in [7, 11) is 0. The third kappa shape index (κ3) is 4.03. The van der Waals surface area contributed by atoms with E-state index < -0.39 is 11.9 Å². The highest BCUT2D eigenvalue weighted by Gasteiger charge is 2.18. The summed E-state index contributed by atoms with van der Waals surface area (Å²) in [6.07, 6.45) is 7.02. The van der Waals surface area contributed by atoms with E-state index in [2.05, 4.69) is 0 Å². The Bertz CT molecular complexity index is 540. The minimum atomic E-state index is -0.773. The molecule has 1 aliphatic carbocycles. The number of carboxylic acid groups (broad SMARTS) is 1. The highest BCUT2D eigenvalue weighted by Crippen LogP contribution is 2.25. The van der Waals surface area contributed by atoms with Crippen LogP contribution in [-0.4, -0.2) is 16.9 Å². The molecular formula is C18H22O3. The lowest BCUT2D eigenvalue weighted by Gasteiger charge is -2.13. The van der Waals surface area contributed by atoms with Crippen LogP contribution in [0.4, 0.5) is 0 Å². The van der Waals surface area contributed by atoms with Crippen molar-refractivity contribution in [2.45, 2.75) is 51.4 Å². The third-order valence-electron chi connectivity index (χ3n) is 4.01. The Morgan fingerprint density at radius 1 is 1.24 bits per heavy atom. The Balaban J connectivity index is 2.16. The van der Waals surface area contributed by atoms with Gasteiger partial charge in [-0.2, -0.15) is 0 Å². The first-order valence-corrected chi connectivity index (χ1v) is 7.68. The van der Waals surface area contributed by atoms with Crippen LogP contribution in [0.5, 0.6) is 0 Å². The van der Waals surface area contributed by atoms with Gasteiger partial charge in [-0.15, -0.1) is 0 Å². The van der Waals surface area contributed by atoms with Gasteiger partial charge in [0.15, 0.2) is 5.78 Å².